The van der Waals surface area contributed by atoms with Gasteiger partial charge >= 0.3 is 5.97 Å². The van der Waals surface area contributed by atoms with Gasteiger partial charge in [-0.3, -0.25) is 14.4 Å². The maximum Gasteiger partial charge on any atom is 0.312 e. The summed E-state index contributed by atoms with van der Waals surface area (Å²) in [6.07, 6.45) is 5.00. The van der Waals surface area contributed by atoms with Crippen LogP contribution in [0.3, 0.4) is 0 Å². The monoisotopic (exact) mass is 594 g/mol. The van der Waals surface area contributed by atoms with Crippen LogP contribution in [-0.2, 0) is 23.9 Å². The van der Waals surface area contributed by atoms with Crippen LogP contribution in [0.2, 0.25) is 0 Å². The second kappa shape index (κ2) is 11.8. The summed E-state index contributed by atoms with van der Waals surface area (Å²) in [6.45, 7) is 22.0. The molecular weight excluding hydrogens is 544 g/mol. The molecule has 8 nitrogen and oxygen atoms in total. The van der Waals surface area contributed by atoms with Gasteiger partial charge in [0.2, 0.25) is 11.8 Å². The molecule has 3 aliphatic rings. The highest BCUT2D eigenvalue weighted by molar-refractivity contribution is 5.99. The first-order chi connectivity index (χ1) is 20.1. The fourth-order valence-electron chi connectivity index (χ4n) is 8.32. The molecule has 1 spiro atoms. The number of esters is 1. The highest BCUT2D eigenvalue weighted by atomic mass is 16.6. The van der Waals surface area contributed by atoms with Crippen molar-refractivity contribution in [2.45, 2.75) is 96.6 Å². The lowest BCUT2D eigenvalue weighted by molar-refractivity contribution is -0.165. The summed E-state index contributed by atoms with van der Waals surface area (Å²) < 4.78 is 12.6. The maximum atomic E-state index is 15.1. The Morgan fingerprint density at radius 2 is 1.84 bits per heavy atom. The van der Waals surface area contributed by atoms with E-state index in [2.05, 4.69) is 33.9 Å². The molecule has 2 bridgehead atoms. The SMILES string of the molecule is C=CCCOC(=O)[C@@H]1[C@H]2C(=O)N([C@H](CO)c3ccccc3)C(C(=O)N(CC=C)C(C)(C)CC(C)(C)C)C23CC(C)[C@@]1(C)O3. The highest BCUT2D eigenvalue weighted by Crippen LogP contribution is 2.66. The van der Waals surface area contributed by atoms with Gasteiger partial charge in [0.05, 0.1) is 30.8 Å². The molecule has 236 valence electrons. The number of ether oxygens (including phenoxy) is 2. The predicted octanol–water partition coefficient (Wildman–Crippen LogP) is 5.08. The number of hydrogen-bond donors (Lipinski definition) is 1. The van der Waals surface area contributed by atoms with Crippen molar-refractivity contribution in [1.82, 2.24) is 9.80 Å². The first kappa shape index (κ1) is 32.9. The molecule has 1 aromatic carbocycles. The van der Waals surface area contributed by atoms with Gasteiger partial charge in [0.25, 0.3) is 0 Å². The summed E-state index contributed by atoms with van der Waals surface area (Å²) in [7, 11) is 0. The van der Waals surface area contributed by atoms with Crippen LogP contribution in [0, 0.1) is 23.2 Å². The molecule has 3 fully saturated rings. The molecule has 0 saturated carbocycles. The van der Waals surface area contributed by atoms with Crippen LogP contribution < -0.4 is 0 Å². The molecule has 3 aliphatic heterocycles. The van der Waals surface area contributed by atoms with Gasteiger partial charge < -0.3 is 24.4 Å². The molecule has 3 heterocycles. The van der Waals surface area contributed by atoms with E-state index < -0.39 is 53.2 Å². The first-order valence-corrected chi connectivity index (χ1v) is 15.5. The fraction of sp³-hybridized carbons (Fsp3) is 0.629. The number of nitrogens with zero attached hydrogens (tertiary/aromatic N) is 2. The number of aliphatic hydroxyl groups is 1. The van der Waals surface area contributed by atoms with E-state index >= 15 is 4.79 Å². The van der Waals surface area contributed by atoms with E-state index in [4.69, 9.17) is 9.47 Å². The van der Waals surface area contributed by atoms with Crippen molar-refractivity contribution in [2.24, 2.45) is 23.2 Å². The summed E-state index contributed by atoms with van der Waals surface area (Å²) in [6, 6.07) is 7.37. The zero-order valence-electron chi connectivity index (χ0n) is 27.0. The van der Waals surface area contributed by atoms with Crippen LogP contribution in [0.15, 0.2) is 55.6 Å². The summed E-state index contributed by atoms with van der Waals surface area (Å²) in [4.78, 5) is 46.9. The molecule has 43 heavy (non-hydrogen) atoms. The van der Waals surface area contributed by atoms with Crippen LogP contribution in [0.5, 0.6) is 0 Å². The van der Waals surface area contributed by atoms with Crippen molar-refractivity contribution in [2.75, 3.05) is 19.8 Å². The zero-order chi connectivity index (χ0) is 32.0. The van der Waals surface area contributed by atoms with E-state index in [-0.39, 0.29) is 36.3 Å². The normalized spacial score (nSPS) is 30.6. The Morgan fingerprint density at radius 1 is 1.19 bits per heavy atom. The van der Waals surface area contributed by atoms with Crippen LogP contribution in [-0.4, -0.2) is 75.2 Å². The van der Waals surface area contributed by atoms with Crippen molar-refractivity contribution < 1.29 is 29.0 Å². The lowest BCUT2D eigenvalue weighted by atomic mass is 9.62. The third-order valence-electron chi connectivity index (χ3n) is 9.77. The Morgan fingerprint density at radius 3 is 2.40 bits per heavy atom. The van der Waals surface area contributed by atoms with Gasteiger partial charge in [-0.1, -0.05) is 70.2 Å². The minimum Gasteiger partial charge on any atom is -0.465 e. The van der Waals surface area contributed by atoms with Gasteiger partial charge in [-0.05, 0) is 56.9 Å². The Kier molecular flexibility index (Phi) is 9.07. The number of likely N-dealkylation sites (tertiary alicyclic amines) is 1. The lowest BCUT2D eigenvalue weighted by Crippen LogP contribution is -2.61. The Hall–Kier alpha value is -2.97. The average Bonchev–Trinajstić information content (AvgIpc) is 3.43. The molecule has 0 aliphatic carbocycles. The van der Waals surface area contributed by atoms with E-state index in [9.17, 15) is 14.7 Å². The summed E-state index contributed by atoms with van der Waals surface area (Å²) in [5.41, 5.74) is -2.22. The number of benzene rings is 1. The molecule has 1 aromatic rings. The standard InChI is InChI=1S/C35H50N2O6/c1-10-12-19-42-31(41)27-26-29(39)37(25(21-38)24-16-14-13-15-17-24)28(35(26)20-23(3)34(27,9)43-35)30(40)36(18-11-2)33(7,8)22-32(4,5)6/h10-11,13-17,23,25-28,38H,1-2,12,18-22H2,3-9H3/t23?,25-,26+,27+,28?,34-,35?/m1/s1. The van der Waals surface area contributed by atoms with Gasteiger partial charge in [0.15, 0.2) is 0 Å². The number of rotatable bonds is 12. The van der Waals surface area contributed by atoms with Crippen molar-refractivity contribution in [3.63, 3.8) is 0 Å². The van der Waals surface area contributed by atoms with E-state index in [1.165, 1.54) is 4.90 Å². The number of aliphatic hydroxyl groups excluding tert-OH is 1. The van der Waals surface area contributed by atoms with Crippen molar-refractivity contribution in [1.29, 1.82) is 0 Å². The molecule has 0 radical (unpaired) electrons. The lowest BCUT2D eigenvalue weighted by Gasteiger charge is -2.46. The summed E-state index contributed by atoms with van der Waals surface area (Å²) in [5, 5.41) is 10.8. The van der Waals surface area contributed by atoms with Crippen LogP contribution in [0.4, 0.5) is 0 Å². The quantitative estimate of drug-likeness (QED) is 0.206. The van der Waals surface area contributed by atoms with E-state index in [1.807, 2.05) is 58.0 Å². The molecule has 8 heteroatoms. The van der Waals surface area contributed by atoms with Crippen LogP contribution in [0.25, 0.3) is 0 Å². The Bertz CT molecular complexity index is 1240. The van der Waals surface area contributed by atoms with E-state index in [1.54, 1.807) is 17.1 Å². The minimum atomic E-state index is -1.26. The van der Waals surface area contributed by atoms with Crippen LogP contribution >= 0.6 is 0 Å². The minimum absolute atomic E-state index is 0.0858. The van der Waals surface area contributed by atoms with Crippen molar-refractivity contribution in [3.8, 4) is 0 Å². The van der Waals surface area contributed by atoms with E-state index in [0.29, 0.717) is 24.8 Å². The van der Waals surface area contributed by atoms with E-state index in [0.717, 1.165) is 0 Å². The number of carbonyl (C=O) groups excluding carboxylic acids is 3. The Labute approximate surface area is 257 Å². The molecule has 7 atom stereocenters. The summed E-state index contributed by atoms with van der Waals surface area (Å²) in [5.74, 6) is -3.07. The first-order valence-electron chi connectivity index (χ1n) is 15.5. The second-order valence-electron chi connectivity index (χ2n) is 14.6. The van der Waals surface area contributed by atoms with Gasteiger partial charge in [0.1, 0.15) is 17.6 Å². The molecule has 0 aromatic heterocycles. The zero-order valence-corrected chi connectivity index (χ0v) is 27.0. The van der Waals surface area contributed by atoms with Crippen LogP contribution in [0.1, 0.15) is 79.3 Å². The van der Waals surface area contributed by atoms with Gasteiger partial charge in [0, 0.05) is 12.1 Å². The van der Waals surface area contributed by atoms with Gasteiger partial charge in [-0.2, -0.15) is 0 Å². The van der Waals surface area contributed by atoms with Gasteiger partial charge in [-0.25, -0.2) is 0 Å². The molecule has 1 N–H and O–H groups in total. The fourth-order valence-corrected chi connectivity index (χ4v) is 8.32. The average molecular weight is 595 g/mol. The molecule has 2 amide bonds. The van der Waals surface area contributed by atoms with Gasteiger partial charge in [-0.15, -0.1) is 13.2 Å². The maximum absolute atomic E-state index is 15.1. The molecule has 4 rings (SSSR count). The molecular formula is C35H50N2O6. The number of carbonyl (C=O) groups is 3. The molecule has 3 unspecified atom stereocenters. The van der Waals surface area contributed by atoms with Crippen molar-refractivity contribution >= 4 is 17.8 Å². The smallest absolute Gasteiger partial charge is 0.312 e. The molecule has 3 saturated heterocycles. The topological polar surface area (TPSA) is 96.4 Å². The third-order valence-corrected chi connectivity index (χ3v) is 9.77. The number of fused-ring (bicyclic) bond motifs is 1. The number of amides is 2. The largest absolute Gasteiger partial charge is 0.465 e. The second-order valence-corrected chi connectivity index (χ2v) is 14.6. The van der Waals surface area contributed by atoms with Crippen molar-refractivity contribution in [3.05, 3.63) is 61.2 Å². The number of hydrogen-bond acceptors (Lipinski definition) is 6. The third kappa shape index (κ3) is 5.57. The predicted molar refractivity (Wildman–Crippen MR) is 166 cm³/mol. The Balaban J connectivity index is 1.89. The highest BCUT2D eigenvalue weighted by Gasteiger charge is 2.81. The summed E-state index contributed by atoms with van der Waals surface area (Å²) >= 11 is 0.